The summed E-state index contributed by atoms with van der Waals surface area (Å²) in [5.74, 6) is -0.556. The van der Waals surface area contributed by atoms with E-state index in [2.05, 4.69) is 124 Å². The van der Waals surface area contributed by atoms with E-state index in [9.17, 15) is 9.59 Å². The molecular formula is C63H106O5. The van der Waals surface area contributed by atoms with E-state index in [4.69, 9.17) is 14.2 Å². The Morgan fingerprint density at radius 1 is 0.324 bits per heavy atom. The van der Waals surface area contributed by atoms with Gasteiger partial charge in [0.2, 0.25) is 0 Å². The first kappa shape index (κ1) is 64.6. The lowest BCUT2D eigenvalue weighted by atomic mass is 10.0. The van der Waals surface area contributed by atoms with E-state index < -0.39 is 6.10 Å². The Hall–Kier alpha value is -3.44. The summed E-state index contributed by atoms with van der Waals surface area (Å²) in [6.45, 7) is 7.65. The highest BCUT2D eigenvalue weighted by Gasteiger charge is 2.17. The van der Waals surface area contributed by atoms with Gasteiger partial charge in [0.1, 0.15) is 6.61 Å². The molecule has 5 heteroatoms. The van der Waals surface area contributed by atoms with Crippen molar-refractivity contribution < 1.29 is 23.8 Å². The zero-order valence-electron chi connectivity index (χ0n) is 44.6. The fraction of sp³-hybridized carbons (Fsp3) is 0.683. The molecule has 0 spiro atoms. The van der Waals surface area contributed by atoms with Crippen molar-refractivity contribution in [3.05, 3.63) is 109 Å². The molecule has 68 heavy (non-hydrogen) atoms. The monoisotopic (exact) mass is 943 g/mol. The molecule has 1 atom stereocenters. The summed E-state index contributed by atoms with van der Waals surface area (Å²) >= 11 is 0. The minimum atomic E-state index is -0.600. The van der Waals surface area contributed by atoms with Crippen LogP contribution in [0.4, 0.5) is 0 Å². The predicted molar refractivity (Wildman–Crippen MR) is 297 cm³/mol. The summed E-state index contributed by atoms with van der Waals surface area (Å²) in [6.07, 6.45) is 79.8. The molecule has 0 radical (unpaired) electrons. The Labute approximate surface area is 421 Å². The van der Waals surface area contributed by atoms with Gasteiger partial charge in [-0.15, -0.1) is 0 Å². The van der Waals surface area contributed by atoms with E-state index in [1.54, 1.807) is 0 Å². The smallest absolute Gasteiger partial charge is 0.306 e. The average molecular weight is 944 g/mol. The van der Waals surface area contributed by atoms with Crippen molar-refractivity contribution in [3.8, 4) is 0 Å². The van der Waals surface area contributed by atoms with Crippen LogP contribution in [0.2, 0.25) is 0 Å². The van der Waals surface area contributed by atoms with Crippen LogP contribution in [0.25, 0.3) is 0 Å². The zero-order valence-corrected chi connectivity index (χ0v) is 44.6. The van der Waals surface area contributed by atoms with Gasteiger partial charge in [0, 0.05) is 19.4 Å². The number of allylic oxidation sites excluding steroid dienone is 18. The molecule has 0 amide bonds. The van der Waals surface area contributed by atoms with Gasteiger partial charge in [-0.2, -0.15) is 0 Å². The molecule has 0 fully saturated rings. The summed E-state index contributed by atoms with van der Waals surface area (Å²) in [7, 11) is 0. The molecule has 0 aliphatic rings. The van der Waals surface area contributed by atoms with Gasteiger partial charge in [-0.25, -0.2) is 0 Å². The van der Waals surface area contributed by atoms with Gasteiger partial charge in [-0.1, -0.05) is 252 Å². The van der Waals surface area contributed by atoms with Crippen LogP contribution in [0.3, 0.4) is 0 Å². The predicted octanol–water partition coefficient (Wildman–Crippen LogP) is 19.6. The van der Waals surface area contributed by atoms with E-state index in [-0.39, 0.29) is 25.2 Å². The Morgan fingerprint density at radius 3 is 1.04 bits per heavy atom. The Bertz CT molecular complexity index is 1340. The third-order valence-electron chi connectivity index (χ3n) is 11.8. The molecule has 388 valence electrons. The molecule has 0 aromatic heterocycles. The first-order valence-corrected chi connectivity index (χ1v) is 28.4. The SMILES string of the molecule is CCCCC/C=C\C/C=C\C/C=C\C/C=C\C/C=C\CCC(=O)OC[C@@H](COCCCCCCCCCCCCCCCCCC)OC(=O)CCC/C=C\C/C=C\C/C=C\C/C=C\CCCCC. The number of carbonyl (C=O) groups is 2. The molecule has 0 aliphatic carbocycles. The fourth-order valence-corrected chi connectivity index (χ4v) is 7.54. The molecule has 0 aromatic rings. The minimum absolute atomic E-state index is 0.0205. The van der Waals surface area contributed by atoms with Gasteiger partial charge < -0.3 is 14.2 Å². The lowest BCUT2D eigenvalue weighted by Gasteiger charge is -2.18. The maximum Gasteiger partial charge on any atom is 0.306 e. The Morgan fingerprint density at radius 2 is 0.647 bits per heavy atom. The van der Waals surface area contributed by atoms with Crippen LogP contribution < -0.4 is 0 Å². The first-order chi connectivity index (χ1) is 33.6. The molecule has 0 aliphatic heterocycles. The first-order valence-electron chi connectivity index (χ1n) is 28.4. The maximum atomic E-state index is 12.8. The van der Waals surface area contributed by atoms with E-state index in [0.29, 0.717) is 32.3 Å². The second kappa shape index (κ2) is 57.9. The fourth-order valence-electron chi connectivity index (χ4n) is 7.54. The van der Waals surface area contributed by atoms with Crippen molar-refractivity contribution in [3.63, 3.8) is 0 Å². The molecule has 5 nitrogen and oxygen atoms in total. The lowest BCUT2D eigenvalue weighted by Crippen LogP contribution is -2.30. The maximum absolute atomic E-state index is 12.8. The average Bonchev–Trinajstić information content (AvgIpc) is 3.34. The van der Waals surface area contributed by atoms with E-state index in [0.717, 1.165) is 64.2 Å². The Balaban J connectivity index is 4.48. The van der Waals surface area contributed by atoms with E-state index >= 15 is 0 Å². The summed E-state index contributed by atoms with van der Waals surface area (Å²) < 4.78 is 17.3. The molecule has 0 heterocycles. The van der Waals surface area contributed by atoms with Crippen LogP contribution in [0.15, 0.2) is 109 Å². The molecular weight excluding hydrogens is 837 g/mol. The minimum Gasteiger partial charge on any atom is -0.462 e. The zero-order chi connectivity index (χ0) is 49.2. The summed E-state index contributed by atoms with van der Waals surface area (Å²) in [5, 5.41) is 0. The number of esters is 2. The van der Waals surface area contributed by atoms with Crippen molar-refractivity contribution in [2.75, 3.05) is 19.8 Å². The summed E-state index contributed by atoms with van der Waals surface area (Å²) in [4.78, 5) is 25.4. The van der Waals surface area contributed by atoms with Gasteiger partial charge in [0.25, 0.3) is 0 Å². The number of hydrogen-bond donors (Lipinski definition) is 0. The van der Waals surface area contributed by atoms with Crippen LogP contribution >= 0.6 is 0 Å². The highest BCUT2D eigenvalue weighted by atomic mass is 16.6. The molecule has 0 rings (SSSR count). The van der Waals surface area contributed by atoms with Crippen molar-refractivity contribution >= 4 is 11.9 Å². The second-order valence-electron chi connectivity index (χ2n) is 18.5. The molecule has 0 saturated carbocycles. The van der Waals surface area contributed by atoms with Crippen molar-refractivity contribution in [2.24, 2.45) is 0 Å². The van der Waals surface area contributed by atoms with Gasteiger partial charge in [0.05, 0.1) is 6.61 Å². The van der Waals surface area contributed by atoms with Gasteiger partial charge in [0.15, 0.2) is 6.10 Å². The van der Waals surface area contributed by atoms with Crippen LogP contribution in [-0.4, -0.2) is 37.9 Å². The second-order valence-corrected chi connectivity index (χ2v) is 18.5. The Kier molecular flexibility index (Phi) is 54.9. The van der Waals surface area contributed by atoms with Gasteiger partial charge in [-0.05, 0) is 96.3 Å². The number of carbonyl (C=O) groups excluding carboxylic acids is 2. The molecule has 0 bridgehead atoms. The van der Waals surface area contributed by atoms with Gasteiger partial charge >= 0.3 is 11.9 Å². The largest absolute Gasteiger partial charge is 0.462 e. The van der Waals surface area contributed by atoms with Crippen molar-refractivity contribution in [1.29, 1.82) is 0 Å². The summed E-state index contributed by atoms with van der Waals surface area (Å²) in [6, 6.07) is 0. The van der Waals surface area contributed by atoms with Crippen LogP contribution in [-0.2, 0) is 23.8 Å². The number of rotatable bonds is 51. The molecule has 0 aromatic carbocycles. The van der Waals surface area contributed by atoms with Crippen molar-refractivity contribution in [2.45, 2.75) is 258 Å². The van der Waals surface area contributed by atoms with E-state index in [1.165, 1.54) is 141 Å². The van der Waals surface area contributed by atoms with Crippen LogP contribution in [0.1, 0.15) is 252 Å². The van der Waals surface area contributed by atoms with E-state index in [1.807, 2.05) is 6.08 Å². The number of ether oxygens (including phenoxy) is 3. The molecule has 0 N–H and O–H groups in total. The normalized spacial score (nSPS) is 13.0. The molecule has 0 saturated heterocycles. The third-order valence-corrected chi connectivity index (χ3v) is 11.8. The van der Waals surface area contributed by atoms with Crippen LogP contribution in [0.5, 0.6) is 0 Å². The van der Waals surface area contributed by atoms with Gasteiger partial charge in [-0.3, -0.25) is 9.59 Å². The van der Waals surface area contributed by atoms with Crippen LogP contribution in [0, 0.1) is 0 Å². The highest BCUT2D eigenvalue weighted by molar-refractivity contribution is 5.70. The quantitative estimate of drug-likeness (QED) is 0.0345. The highest BCUT2D eigenvalue weighted by Crippen LogP contribution is 2.14. The molecule has 0 unspecified atom stereocenters. The summed E-state index contributed by atoms with van der Waals surface area (Å²) in [5.41, 5.74) is 0. The number of unbranched alkanes of at least 4 members (excludes halogenated alkanes) is 22. The number of hydrogen-bond acceptors (Lipinski definition) is 5. The standard InChI is InChI=1S/C63H106O5/c1-4-7-10-13-16-19-22-25-28-31-32-34-35-38-41-44-47-50-53-56-62(64)67-60-61(59-66-58-55-52-49-46-43-40-37-30-27-24-21-18-15-12-9-6-3)68-63(65)57-54-51-48-45-42-39-36-33-29-26-23-20-17-14-11-8-5-2/h16-17,19-20,25-26,28-29,32,34,36,38-39,41,45,47-48,50,61H,4-15,18,21-24,27,30-31,33,35,37,40,42-44,46,49,51-60H2,1-3H3/b19-16-,20-17-,28-25-,29-26-,34-32-,39-36-,41-38-,48-45-,50-47-/t61-/m1/s1. The lowest BCUT2D eigenvalue weighted by molar-refractivity contribution is -0.162. The topological polar surface area (TPSA) is 61.8 Å². The third kappa shape index (κ3) is 55.2. The van der Waals surface area contributed by atoms with Crippen molar-refractivity contribution in [1.82, 2.24) is 0 Å².